The lowest BCUT2D eigenvalue weighted by atomic mass is 9.81. The molecule has 1 heterocycles. The minimum absolute atomic E-state index is 0.0448. The van der Waals surface area contributed by atoms with Crippen molar-refractivity contribution in [2.24, 2.45) is 0 Å². The highest BCUT2D eigenvalue weighted by Gasteiger charge is 2.34. The molecule has 0 N–H and O–H groups in total. The second kappa shape index (κ2) is 8.81. The van der Waals surface area contributed by atoms with Gasteiger partial charge < -0.3 is 9.30 Å². The van der Waals surface area contributed by atoms with E-state index >= 15 is 0 Å². The number of aromatic nitrogens is 1. The van der Waals surface area contributed by atoms with Crippen molar-refractivity contribution in [2.75, 3.05) is 7.11 Å². The van der Waals surface area contributed by atoms with Crippen LogP contribution in [0.1, 0.15) is 49.9 Å². The van der Waals surface area contributed by atoms with E-state index in [9.17, 15) is 9.59 Å². The third-order valence-electron chi connectivity index (χ3n) is 6.38. The number of esters is 1. The number of benzene rings is 3. The Morgan fingerprint density at radius 1 is 1.06 bits per heavy atom. The van der Waals surface area contributed by atoms with Crippen molar-refractivity contribution in [3.63, 3.8) is 0 Å². The smallest absolute Gasteiger partial charge is 0.338 e. The molecule has 0 radical (unpaired) electrons. The first-order valence-electron chi connectivity index (χ1n) is 10.7. The number of fused-ring (bicyclic) bond motifs is 3. The Balaban J connectivity index is 1.72. The predicted molar refractivity (Wildman–Crippen MR) is 133 cm³/mol. The van der Waals surface area contributed by atoms with Gasteiger partial charge in [-0.1, -0.05) is 63.9 Å². The van der Waals surface area contributed by atoms with Crippen molar-refractivity contribution in [3.8, 4) is 0 Å². The van der Waals surface area contributed by atoms with Crippen molar-refractivity contribution in [2.45, 2.75) is 25.3 Å². The van der Waals surface area contributed by atoms with E-state index in [1.807, 2.05) is 54.6 Å². The highest BCUT2D eigenvalue weighted by Crippen LogP contribution is 2.40. The molecule has 1 aliphatic rings. The van der Waals surface area contributed by atoms with Crippen molar-refractivity contribution in [3.05, 3.63) is 104 Å². The molecule has 1 atom stereocenters. The molecule has 166 valence electrons. The van der Waals surface area contributed by atoms with Crippen molar-refractivity contribution >= 4 is 50.2 Å². The zero-order chi connectivity index (χ0) is 23.1. The number of halogens is 2. The van der Waals surface area contributed by atoms with Crippen LogP contribution in [0.2, 0.25) is 5.02 Å². The minimum atomic E-state index is -0.436. The van der Waals surface area contributed by atoms with Gasteiger partial charge in [0.15, 0.2) is 5.78 Å². The van der Waals surface area contributed by atoms with Crippen LogP contribution in [0.4, 0.5) is 0 Å². The minimum Gasteiger partial charge on any atom is -0.465 e. The molecule has 3 aromatic carbocycles. The number of nitrogens with zero attached hydrogens (tertiary/aromatic N) is 1. The number of hydrogen-bond donors (Lipinski definition) is 0. The molecule has 1 unspecified atom stereocenters. The summed E-state index contributed by atoms with van der Waals surface area (Å²) in [7, 11) is 1.37. The molecule has 1 aromatic heterocycles. The Labute approximate surface area is 205 Å². The molecular weight excluding hydrogens is 502 g/mol. The number of methoxy groups -OCH3 is 1. The summed E-state index contributed by atoms with van der Waals surface area (Å²) in [4.78, 5) is 26.1. The summed E-state index contributed by atoms with van der Waals surface area (Å²) in [6.07, 6.45) is 1.08. The number of carbonyl (C=O) groups excluding carboxylic acids is 2. The summed E-state index contributed by atoms with van der Waals surface area (Å²) in [6.45, 7) is 0.582. The summed E-state index contributed by atoms with van der Waals surface area (Å²) < 4.78 is 8.22. The first-order chi connectivity index (χ1) is 16.0. The Kier molecular flexibility index (Phi) is 5.85. The van der Waals surface area contributed by atoms with Crippen molar-refractivity contribution < 1.29 is 14.3 Å². The predicted octanol–water partition coefficient (Wildman–Crippen LogP) is 6.80. The van der Waals surface area contributed by atoms with E-state index in [-0.39, 0.29) is 11.7 Å². The summed E-state index contributed by atoms with van der Waals surface area (Å²) in [5.41, 5.74) is 5.07. The van der Waals surface area contributed by atoms with E-state index in [2.05, 4.69) is 26.6 Å². The molecule has 0 spiro atoms. The zero-order valence-electron chi connectivity index (χ0n) is 18.0. The topological polar surface area (TPSA) is 48.3 Å². The maximum absolute atomic E-state index is 13.5. The molecule has 4 aromatic rings. The highest BCUT2D eigenvalue weighted by molar-refractivity contribution is 9.10. The van der Waals surface area contributed by atoms with Crippen LogP contribution in [0.5, 0.6) is 0 Å². The number of ketones is 1. The Morgan fingerprint density at radius 2 is 1.82 bits per heavy atom. The fourth-order valence-corrected chi connectivity index (χ4v) is 5.36. The molecule has 4 nitrogen and oxygen atoms in total. The number of Topliss-reactive ketones (excluding diaryl/α,β-unsaturated/α-hetero) is 1. The quantitative estimate of drug-likeness (QED) is 0.277. The number of ether oxygens (including phenoxy) is 1. The van der Waals surface area contributed by atoms with Gasteiger partial charge in [-0.25, -0.2) is 4.79 Å². The highest BCUT2D eigenvalue weighted by atomic mass is 79.9. The molecule has 33 heavy (non-hydrogen) atoms. The maximum atomic E-state index is 13.5. The van der Waals surface area contributed by atoms with Gasteiger partial charge in [0.25, 0.3) is 0 Å². The normalized spacial score (nSPS) is 15.5. The zero-order valence-corrected chi connectivity index (χ0v) is 20.3. The van der Waals surface area contributed by atoms with Gasteiger partial charge in [0.1, 0.15) is 0 Å². The second-order valence-corrected chi connectivity index (χ2v) is 9.56. The molecule has 0 saturated heterocycles. The molecule has 0 amide bonds. The molecule has 0 saturated carbocycles. The summed E-state index contributed by atoms with van der Waals surface area (Å²) in [5.74, 6) is -0.344. The fourth-order valence-electron chi connectivity index (χ4n) is 4.82. The lowest BCUT2D eigenvalue weighted by Crippen LogP contribution is -2.21. The van der Waals surface area contributed by atoms with E-state index < -0.39 is 5.97 Å². The van der Waals surface area contributed by atoms with Crippen LogP contribution in [0.3, 0.4) is 0 Å². The SMILES string of the molecule is COC(=O)c1cccc2c1c1c(n2Cc2ccccc2Br)CC(c2ccc(Cl)cc2)CC1=O. The number of hydrogen-bond acceptors (Lipinski definition) is 3. The molecular formula is C27H21BrClNO3. The van der Waals surface area contributed by atoms with Crippen LogP contribution in [0.25, 0.3) is 10.9 Å². The van der Waals surface area contributed by atoms with Crippen molar-refractivity contribution in [1.29, 1.82) is 0 Å². The van der Waals surface area contributed by atoms with Gasteiger partial charge in [-0.3, -0.25) is 4.79 Å². The van der Waals surface area contributed by atoms with Gasteiger partial charge in [0, 0.05) is 39.1 Å². The Hall–Kier alpha value is -2.89. The monoisotopic (exact) mass is 521 g/mol. The summed E-state index contributed by atoms with van der Waals surface area (Å²) in [6, 6.07) is 21.3. The van der Waals surface area contributed by atoms with E-state index in [1.165, 1.54) is 7.11 Å². The van der Waals surface area contributed by atoms with E-state index in [0.29, 0.717) is 40.9 Å². The molecule has 0 fully saturated rings. The van der Waals surface area contributed by atoms with E-state index in [1.54, 1.807) is 6.07 Å². The number of carbonyl (C=O) groups is 2. The Morgan fingerprint density at radius 3 is 2.55 bits per heavy atom. The van der Waals surface area contributed by atoms with Crippen molar-refractivity contribution in [1.82, 2.24) is 4.57 Å². The summed E-state index contributed by atoms with van der Waals surface area (Å²) in [5, 5.41) is 1.36. The Bertz CT molecular complexity index is 1390. The average molecular weight is 523 g/mol. The fraction of sp³-hybridized carbons (Fsp3) is 0.185. The van der Waals surface area contributed by atoms with Gasteiger partial charge in [-0.05, 0) is 53.8 Å². The van der Waals surface area contributed by atoms with E-state index in [4.69, 9.17) is 16.3 Å². The van der Waals surface area contributed by atoms with Crippen LogP contribution >= 0.6 is 27.5 Å². The van der Waals surface area contributed by atoms with Crippen LogP contribution in [0, 0.1) is 0 Å². The van der Waals surface area contributed by atoms with Crippen LogP contribution in [0.15, 0.2) is 71.2 Å². The molecule has 5 rings (SSSR count). The molecule has 6 heteroatoms. The molecule has 0 bridgehead atoms. The second-order valence-electron chi connectivity index (χ2n) is 8.27. The van der Waals surface area contributed by atoms with Gasteiger partial charge in [-0.15, -0.1) is 0 Å². The van der Waals surface area contributed by atoms with Crippen LogP contribution in [-0.4, -0.2) is 23.4 Å². The van der Waals surface area contributed by atoms with Gasteiger partial charge in [0.2, 0.25) is 0 Å². The van der Waals surface area contributed by atoms with Gasteiger partial charge in [0.05, 0.1) is 18.2 Å². The third-order valence-corrected chi connectivity index (χ3v) is 7.41. The maximum Gasteiger partial charge on any atom is 0.338 e. The first-order valence-corrected chi connectivity index (χ1v) is 11.9. The van der Waals surface area contributed by atoms with Crippen LogP contribution in [-0.2, 0) is 17.7 Å². The summed E-state index contributed by atoms with van der Waals surface area (Å²) >= 11 is 9.74. The van der Waals surface area contributed by atoms with Crippen LogP contribution < -0.4 is 0 Å². The van der Waals surface area contributed by atoms with Gasteiger partial charge >= 0.3 is 5.97 Å². The third kappa shape index (κ3) is 3.90. The molecule has 1 aliphatic carbocycles. The standard InChI is InChI=1S/C27H21BrClNO3/c1-33-27(32)20-6-4-8-22-25(20)26-23(30(22)15-17-5-2-3-7-21(17)28)13-18(14-24(26)31)16-9-11-19(29)12-10-16/h2-12,18H,13-15H2,1H3. The molecule has 0 aliphatic heterocycles. The van der Waals surface area contributed by atoms with E-state index in [0.717, 1.165) is 26.8 Å². The lowest BCUT2D eigenvalue weighted by Gasteiger charge is -2.24. The first kappa shape index (κ1) is 21.9. The van der Waals surface area contributed by atoms with Gasteiger partial charge in [-0.2, -0.15) is 0 Å². The lowest BCUT2D eigenvalue weighted by molar-refractivity contribution is 0.0603. The number of rotatable bonds is 4. The average Bonchev–Trinajstić information content (AvgIpc) is 3.14. The largest absolute Gasteiger partial charge is 0.465 e.